The average molecular weight is 376 g/mol. The number of methoxy groups -OCH3 is 1. The lowest BCUT2D eigenvalue weighted by Gasteiger charge is -2.23. The third-order valence-electron chi connectivity index (χ3n) is 4.59. The minimum atomic E-state index is -2.93. The Morgan fingerprint density at radius 3 is 2.69 bits per heavy atom. The Kier molecular flexibility index (Phi) is 5.61. The van der Waals surface area contributed by atoms with Gasteiger partial charge in [-0.2, -0.15) is 4.98 Å². The molecule has 0 aliphatic carbocycles. The molecular weight excluding hydrogens is 352 g/mol. The van der Waals surface area contributed by atoms with Crippen LogP contribution < -0.4 is 15.0 Å². The van der Waals surface area contributed by atoms with Gasteiger partial charge in [-0.1, -0.05) is 12.1 Å². The van der Waals surface area contributed by atoms with Crippen LogP contribution in [-0.4, -0.2) is 56.6 Å². The lowest BCUT2D eigenvalue weighted by atomic mass is 10.1. The molecule has 1 aliphatic heterocycles. The molecule has 1 atom stereocenters. The molecule has 0 bridgehead atoms. The highest BCUT2D eigenvalue weighted by molar-refractivity contribution is 7.91. The molecule has 1 aromatic heterocycles. The number of hydrogen-bond donors (Lipinski definition) is 1. The Bertz CT molecular complexity index is 840. The van der Waals surface area contributed by atoms with Crippen LogP contribution >= 0.6 is 0 Å². The maximum atomic E-state index is 11.7. The molecule has 7 nitrogen and oxygen atoms in total. The minimum absolute atomic E-state index is 0.0606. The van der Waals surface area contributed by atoms with Crippen molar-refractivity contribution in [3.63, 3.8) is 0 Å². The molecule has 2 aromatic rings. The molecule has 0 radical (unpaired) electrons. The number of benzene rings is 1. The second-order valence-electron chi connectivity index (χ2n) is 6.43. The molecule has 0 amide bonds. The average Bonchev–Trinajstić information content (AvgIpc) is 3.02. The monoisotopic (exact) mass is 376 g/mol. The fourth-order valence-corrected chi connectivity index (χ4v) is 4.76. The standard InChI is InChI=1S/C18H24N4O3S/c1-22(15-9-12-26(23,24)13-15)18-20-11-8-17(21-18)19-10-7-14-3-5-16(25-2)6-4-14/h3-6,8,11,15H,7,9-10,12-13H2,1-2H3,(H,19,20,21). The molecular formula is C18H24N4O3S. The summed E-state index contributed by atoms with van der Waals surface area (Å²) in [5.41, 5.74) is 1.21. The number of sulfone groups is 1. The summed E-state index contributed by atoms with van der Waals surface area (Å²) in [6, 6.07) is 9.73. The smallest absolute Gasteiger partial charge is 0.227 e. The van der Waals surface area contributed by atoms with Crippen molar-refractivity contribution in [1.29, 1.82) is 0 Å². The Morgan fingerprint density at radius 2 is 2.04 bits per heavy atom. The molecule has 26 heavy (non-hydrogen) atoms. The Hall–Kier alpha value is -2.35. The van der Waals surface area contributed by atoms with Gasteiger partial charge in [0.2, 0.25) is 5.95 Å². The van der Waals surface area contributed by atoms with Crippen LogP contribution in [0.5, 0.6) is 5.75 Å². The molecule has 1 unspecified atom stereocenters. The quantitative estimate of drug-likeness (QED) is 0.788. The van der Waals surface area contributed by atoms with E-state index in [9.17, 15) is 8.42 Å². The van der Waals surface area contributed by atoms with Crippen molar-refractivity contribution in [2.75, 3.05) is 42.4 Å². The first-order valence-corrected chi connectivity index (χ1v) is 10.4. The normalized spacial score (nSPS) is 18.5. The molecule has 3 rings (SSSR count). The molecule has 0 spiro atoms. The zero-order chi connectivity index (χ0) is 18.6. The number of nitrogens with zero attached hydrogens (tertiary/aromatic N) is 3. The van der Waals surface area contributed by atoms with Crippen LogP contribution in [0.15, 0.2) is 36.5 Å². The van der Waals surface area contributed by atoms with Gasteiger partial charge in [-0.05, 0) is 36.6 Å². The maximum absolute atomic E-state index is 11.7. The van der Waals surface area contributed by atoms with Gasteiger partial charge in [0, 0.05) is 25.8 Å². The van der Waals surface area contributed by atoms with Crippen molar-refractivity contribution >= 4 is 21.6 Å². The van der Waals surface area contributed by atoms with Gasteiger partial charge in [0.25, 0.3) is 0 Å². The number of anilines is 2. The van der Waals surface area contributed by atoms with Crippen molar-refractivity contribution in [1.82, 2.24) is 9.97 Å². The van der Waals surface area contributed by atoms with Gasteiger partial charge in [-0.3, -0.25) is 0 Å². The first kappa shape index (κ1) is 18.4. The van der Waals surface area contributed by atoms with E-state index >= 15 is 0 Å². The second-order valence-corrected chi connectivity index (χ2v) is 8.66. The van der Waals surface area contributed by atoms with E-state index in [1.807, 2.05) is 42.3 Å². The van der Waals surface area contributed by atoms with Gasteiger partial charge >= 0.3 is 0 Å². The lowest BCUT2D eigenvalue weighted by molar-refractivity contribution is 0.414. The van der Waals surface area contributed by atoms with Crippen molar-refractivity contribution in [2.45, 2.75) is 18.9 Å². The number of hydrogen-bond acceptors (Lipinski definition) is 7. The molecule has 8 heteroatoms. The van der Waals surface area contributed by atoms with Gasteiger partial charge in [-0.15, -0.1) is 0 Å². The van der Waals surface area contributed by atoms with E-state index in [1.54, 1.807) is 13.3 Å². The summed E-state index contributed by atoms with van der Waals surface area (Å²) in [5, 5.41) is 3.30. The summed E-state index contributed by atoms with van der Waals surface area (Å²) in [6.45, 7) is 0.740. The van der Waals surface area contributed by atoms with Crippen LogP contribution in [0.4, 0.5) is 11.8 Å². The highest BCUT2D eigenvalue weighted by Crippen LogP contribution is 2.21. The summed E-state index contributed by atoms with van der Waals surface area (Å²) in [4.78, 5) is 10.7. The predicted molar refractivity (Wildman–Crippen MR) is 103 cm³/mol. The van der Waals surface area contributed by atoms with E-state index in [2.05, 4.69) is 15.3 Å². The number of rotatable bonds is 7. The van der Waals surface area contributed by atoms with Crippen molar-refractivity contribution in [2.24, 2.45) is 0 Å². The molecule has 1 N–H and O–H groups in total. The van der Waals surface area contributed by atoms with Crippen molar-refractivity contribution in [3.8, 4) is 5.75 Å². The third-order valence-corrected chi connectivity index (χ3v) is 6.34. The lowest BCUT2D eigenvalue weighted by Crippen LogP contribution is -2.34. The Labute approximate surface area is 154 Å². The summed E-state index contributed by atoms with van der Waals surface area (Å²) in [7, 11) is 0.573. The molecule has 0 saturated carbocycles. The number of ether oxygens (including phenoxy) is 1. The van der Waals surface area contributed by atoms with E-state index < -0.39 is 9.84 Å². The van der Waals surface area contributed by atoms with Gasteiger partial charge < -0.3 is 15.0 Å². The van der Waals surface area contributed by atoms with Crippen molar-refractivity contribution in [3.05, 3.63) is 42.1 Å². The highest BCUT2D eigenvalue weighted by atomic mass is 32.2. The van der Waals surface area contributed by atoms with Crippen LogP contribution in [0.1, 0.15) is 12.0 Å². The van der Waals surface area contributed by atoms with E-state index in [0.717, 1.165) is 24.5 Å². The van der Waals surface area contributed by atoms with Gasteiger partial charge in [0.05, 0.1) is 18.6 Å². The summed E-state index contributed by atoms with van der Waals surface area (Å²) >= 11 is 0. The zero-order valence-corrected chi connectivity index (χ0v) is 15.9. The topological polar surface area (TPSA) is 84.4 Å². The molecule has 140 valence electrons. The highest BCUT2D eigenvalue weighted by Gasteiger charge is 2.31. The minimum Gasteiger partial charge on any atom is -0.497 e. The third kappa shape index (κ3) is 4.63. The SMILES string of the molecule is COc1ccc(CCNc2ccnc(N(C)C3CCS(=O)(=O)C3)n2)cc1. The zero-order valence-electron chi connectivity index (χ0n) is 15.1. The second kappa shape index (κ2) is 7.90. The van der Waals surface area contributed by atoms with E-state index in [-0.39, 0.29) is 17.5 Å². The predicted octanol–water partition coefficient (Wildman–Crippen LogP) is 1.76. The van der Waals surface area contributed by atoms with Crippen LogP contribution in [0.25, 0.3) is 0 Å². The molecule has 1 aromatic carbocycles. The van der Waals surface area contributed by atoms with E-state index in [1.165, 1.54) is 5.56 Å². The van der Waals surface area contributed by atoms with Crippen LogP contribution in [-0.2, 0) is 16.3 Å². The first-order chi connectivity index (χ1) is 12.5. The van der Waals surface area contributed by atoms with Gasteiger partial charge in [-0.25, -0.2) is 13.4 Å². The molecule has 2 heterocycles. The summed E-state index contributed by atoms with van der Waals surface area (Å²) in [6.07, 6.45) is 3.18. The summed E-state index contributed by atoms with van der Waals surface area (Å²) in [5.74, 6) is 2.53. The molecule has 1 aliphatic rings. The van der Waals surface area contributed by atoms with E-state index in [4.69, 9.17) is 4.74 Å². The maximum Gasteiger partial charge on any atom is 0.227 e. The van der Waals surface area contributed by atoms with Crippen LogP contribution in [0, 0.1) is 0 Å². The Balaban J connectivity index is 1.56. The molecule has 1 fully saturated rings. The fourth-order valence-electron chi connectivity index (χ4n) is 2.99. The van der Waals surface area contributed by atoms with Gasteiger partial charge in [0.15, 0.2) is 9.84 Å². The fraction of sp³-hybridized carbons (Fsp3) is 0.444. The van der Waals surface area contributed by atoms with Crippen molar-refractivity contribution < 1.29 is 13.2 Å². The molecule has 1 saturated heterocycles. The Morgan fingerprint density at radius 1 is 1.27 bits per heavy atom. The van der Waals surface area contributed by atoms with E-state index in [0.29, 0.717) is 12.4 Å². The largest absolute Gasteiger partial charge is 0.497 e. The first-order valence-electron chi connectivity index (χ1n) is 8.60. The van der Waals surface area contributed by atoms with Crippen LogP contribution in [0.3, 0.4) is 0 Å². The van der Waals surface area contributed by atoms with Crippen LogP contribution in [0.2, 0.25) is 0 Å². The number of nitrogens with one attached hydrogen (secondary N) is 1. The summed E-state index contributed by atoms with van der Waals surface area (Å²) < 4.78 is 28.5. The number of aromatic nitrogens is 2. The van der Waals surface area contributed by atoms with Gasteiger partial charge in [0.1, 0.15) is 11.6 Å².